The molecule has 2 aromatic carbocycles. The van der Waals surface area contributed by atoms with Crippen molar-refractivity contribution in [3.8, 4) is 22.9 Å². The summed E-state index contributed by atoms with van der Waals surface area (Å²) in [5.41, 5.74) is 4.41. The molecule has 9 heteroatoms. The number of anilines is 1. The summed E-state index contributed by atoms with van der Waals surface area (Å²) < 4.78 is 12.3. The SMILES string of the molecule is COc1ccc(-c2nnc3ccc(SCC(=O)Nc4ccc(C)cc4C)nn23)cc1OC. The fraction of sp³-hybridized carbons (Fsp3) is 0.217. The minimum absolute atomic E-state index is 0.0901. The first-order valence-electron chi connectivity index (χ1n) is 9.93. The van der Waals surface area contributed by atoms with Gasteiger partial charge < -0.3 is 14.8 Å². The number of benzene rings is 2. The maximum absolute atomic E-state index is 12.4. The van der Waals surface area contributed by atoms with Crippen molar-refractivity contribution in [2.45, 2.75) is 18.9 Å². The van der Waals surface area contributed by atoms with Crippen LogP contribution in [0.2, 0.25) is 0 Å². The number of carbonyl (C=O) groups excluding carboxylic acids is 1. The molecule has 1 N–H and O–H groups in total. The second kappa shape index (κ2) is 9.27. The summed E-state index contributed by atoms with van der Waals surface area (Å²) in [6.45, 7) is 4.00. The Hall–Kier alpha value is -3.59. The van der Waals surface area contributed by atoms with Gasteiger partial charge in [0.15, 0.2) is 23.0 Å². The number of carbonyl (C=O) groups is 1. The van der Waals surface area contributed by atoms with E-state index < -0.39 is 0 Å². The van der Waals surface area contributed by atoms with Gasteiger partial charge in [-0.25, -0.2) is 0 Å². The molecule has 0 saturated carbocycles. The van der Waals surface area contributed by atoms with Crippen molar-refractivity contribution in [2.24, 2.45) is 0 Å². The van der Waals surface area contributed by atoms with Crippen LogP contribution in [0.1, 0.15) is 11.1 Å². The molecule has 0 aliphatic heterocycles. The van der Waals surface area contributed by atoms with Gasteiger partial charge in [0.2, 0.25) is 5.91 Å². The molecule has 0 spiro atoms. The highest BCUT2D eigenvalue weighted by Crippen LogP contribution is 2.31. The Labute approximate surface area is 190 Å². The third-order valence-corrected chi connectivity index (χ3v) is 5.81. The highest BCUT2D eigenvalue weighted by atomic mass is 32.2. The van der Waals surface area contributed by atoms with Gasteiger partial charge in [-0.3, -0.25) is 4.79 Å². The molecule has 0 unspecified atom stereocenters. The van der Waals surface area contributed by atoms with Crippen LogP contribution in [0.3, 0.4) is 0 Å². The fourth-order valence-corrected chi connectivity index (χ4v) is 3.94. The van der Waals surface area contributed by atoms with E-state index in [0.29, 0.717) is 28.0 Å². The van der Waals surface area contributed by atoms with Crippen LogP contribution in [-0.4, -0.2) is 45.7 Å². The van der Waals surface area contributed by atoms with Crippen LogP contribution < -0.4 is 14.8 Å². The Kier molecular flexibility index (Phi) is 6.27. The molecule has 4 rings (SSSR count). The summed E-state index contributed by atoms with van der Waals surface area (Å²) in [6, 6.07) is 15.1. The molecule has 164 valence electrons. The standard InChI is InChI=1S/C23H23N5O3S/c1-14-5-7-17(15(2)11-14)24-21(29)13-32-22-10-9-20-25-26-23(28(20)27-22)16-6-8-18(30-3)19(12-16)31-4/h5-12H,13H2,1-4H3,(H,24,29). The van der Waals surface area contributed by atoms with E-state index in [1.807, 2.05) is 62.4 Å². The van der Waals surface area contributed by atoms with E-state index in [0.717, 1.165) is 22.4 Å². The zero-order valence-electron chi connectivity index (χ0n) is 18.2. The summed E-state index contributed by atoms with van der Waals surface area (Å²) in [6.07, 6.45) is 0. The van der Waals surface area contributed by atoms with Gasteiger partial charge in [0, 0.05) is 11.3 Å². The summed E-state index contributed by atoms with van der Waals surface area (Å²) in [5.74, 6) is 1.94. The molecular formula is C23H23N5O3S. The van der Waals surface area contributed by atoms with E-state index in [9.17, 15) is 4.79 Å². The number of nitrogens with one attached hydrogen (secondary N) is 1. The number of thioether (sulfide) groups is 1. The molecule has 4 aromatic rings. The topological polar surface area (TPSA) is 90.6 Å². The van der Waals surface area contributed by atoms with Crippen molar-refractivity contribution >= 4 is 29.0 Å². The minimum atomic E-state index is -0.0901. The van der Waals surface area contributed by atoms with Gasteiger partial charge >= 0.3 is 0 Å². The largest absolute Gasteiger partial charge is 0.493 e. The van der Waals surface area contributed by atoms with E-state index in [1.54, 1.807) is 18.7 Å². The summed E-state index contributed by atoms with van der Waals surface area (Å²) in [4.78, 5) is 12.4. The van der Waals surface area contributed by atoms with Gasteiger partial charge in [-0.1, -0.05) is 29.5 Å². The predicted octanol–water partition coefficient (Wildman–Crippen LogP) is 4.16. The number of rotatable bonds is 7. The van der Waals surface area contributed by atoms with E-state index in [2.05, 4.69) is 20.6 Å². The Morgan fingerprint density at radius 2 is 1.81 bits per heavy atom. The van der Waals surface area contributed by atoms with Crippen LogP contribution in [-0.2, 0) is 4.79 Å². The second-order valence-electron chi connectivity index (χ2n) is 7.19. The van der Waals surface area contributed by atoms with E-state index in [4.69, 9.17) is 9.47 Å². The Bertz CT molecular complexity index is 1290. The predicted molar refractivity (Wildman–Crippen MR) is 125 cm³/mol. The monoisotopic (exact) mass is 449 g/mol. The lowest BCUT2D eigenvalue weighted by molar-refractivity contribution is -0.113. The van der Waals surface area contributed by atoms with Crippen LogP contribution in [0, 0.1) is 13.8 Å². The average Bonchev–Trinajstić information content (AvgIpc) is 3.22. The van der Waals surface area contributed by atoms with Gasteiger partial charge in [-0.15, -0.1) is 10.2 Å². The summed E-state index contributed by atoms with van der Waals surface area (Å²) in [5, 5.41) is 16.7. The van der Waals surface area contributed by atoms with Gasteiger partial charge in [-0.2, -0.15) is 9.61 Å². The molecule has 1 amide bonds. The van der Waals surface area contributed by atoms with Crippen LogP contribution in [0.5, 0.6) is 11.5 Å². The first-order valence-corrected chi connectivity index (χ1v) is 10.9. The van der Waals surface area contributed by atoms with Crippen molar-refractivity contribution in [3.05, 3.63) is 59.7 Å². The fourth-order valence-electron chi connectivity index (χ4n) is 3.28. The molecular weight excluding hydrogens is 426 g/mol. The Balaban J connectivity index is 1.52. The van der Waals surface area contributed by atoms with Gasteiger partial charge in [0.1, 0.15) is 5.03 Å². The third-order valence-electron chi connectivity index (χ3n) is 4.89. The van der Waals surface area contributed by atoms with Gasteiger partial charge in [-0.05, 0) is 55.8 Å². The minimum Gasteiger partial charge on any atom is -0.493 e. The van der Waals surface area contributed by atoms with Crippen LogP contribution in [0.4, 0.5) is 5.69 Å². The lowest BCUT2D eigenvalue weighted by Crippen LogP contribution is -2.15. The van der Waals surface area contributed by atoms with Gasteiger partial charge in [0.05, 0.1) is 20.0 Å². The number of aromatic nitrogens is 4. The number of amides is 1. The molecule has 2 heterocycles. The lowest BCUT2D eigenvalue weighted by atomic mass is 10.1. The summed E-state index contributed by atoms with van der Waals surface area (Å²) >= 11 is 1.35. The number of aryl methyl sites for hydroxylation is 2. The van der Waals surface area contributed by atoms with Crippen LogP contribution in [0.25, 0.3) is 17.0 Å². The number of hydrogen-bond donors (Lipinski definition) is 1. The molecule has 0 bridgehead atoms. The lowest BCUT2D eigenvalue weighted by Gasteiger charge is -2.09. The molecule has 0 saturated heterocycles. The first-order chi connectivity index (χ1) is 15.5. The highest BCUT2D eigenvalue weighted by molar-refractivity contribution is 7.99. The first kappa shape index (κ1) is 21.6. The number of methoxy groups -OCH3 is 2. The maximum Gasteiger partial charge on any atom is 0.234 e. The number of fused-ring (bicyclic) bond motifs is 1. The molecule has 32 heavy (non-hydrogen) atoms. The number of ether oxygens (including phenoxy) is 2. The summed E-state index contributed by atoms with van der Waals surface area (Å²) in [7, 11) is 3.17. The second-order valence-corrected chi connectivity index (χ2v) is 8.19. The molecule has 2 aromatic heterocycles. The van der Waals surface area contributed by atoms with Crippen molar-refractivity contribution in [2.75, 3.05) is 25.3 Å². The zero-order valence-corrected chi connectivity index (χ0v) is 19.1. The third kappa shape index (κ3) is 4.52. The normalized spacial score (nSPS) is 10.9. The Morgan fingerprint density at radius 3 is 2.56 bits per heavy atom. The number of nitrogens with zero attached hydrogens (tertiary/aromatic N) is 4. The van der Waals surface area contributed by atoms with Crippen molar-refractivity contribution in [1.29, 1.82) is 0 Å². The molecule has 0 atom stereocenters. The zero-order chi connectivity index (χ0) is 22.7. The molecule has 0 aliphatic carbocycles. The van der Waals surface area contributed by atoms with E-state index in [-0.39, 0.29) is 11.7 Å². The van der Waals surface area contributed by atoms with E-state index >= 15 is 0 Å². The molecule has 0 aliphatic rings. The van der Waals surface area contributed by atoms with Crippen molar-refractivity contribution < 1.29 is 14.3 Å². The molecule has 8 nitrogen and oxygen atoms in total. The molecule has 0 radical (unpaired) electrons. The van der Waals surface area contributed by atoms with Crippen molar-refractivity contribution in [3.63, 3.8) is 0 Å². The number of hydrogen-bond acceptors (Lipinski definition) is 7. The Morgan fingerprint density at radius 1 is 1.00 bits per heavy atom. The average molecular weight is 450 g/mol. The van der Waals surface area contributed by atoms with Crippen LogP contribution >= 0.6 is 11.8 Å². The maximum atomic E-state index is 12.4. The molecule has 0 fully saturated rings. The van der Waals surface area contributed by atoms with E-state index in [1.165, 1.54) is 11.8 Å². The van der Waals surface area contributed by atoms with Crippen molar-refractivity contribution in [1.82, 2.24) is 19.8 Å². The van der Waals surface area contributed by atoms with Gasteiger partial charge in [0.25, 0.3) is 0 Å². The quantitative estimate of drug-likeness (QED) is 0.424. The smallest absolute Gasteiger partial charge is 0.234 e. The highest BCUT2D eigenvalue weighted by Gasteiger charge is 2.14. The van der Waals surface area contributed by atoms with Crippen LogP contribution in [0.15, 0.2) is 53.6 Å².